The Kier molecular flexibility index (Phi) is 4.67. The molecule has 0 saturated carbocycles. The molecule has 0 bridgehead atoms. The number of nitrogens with zero attached hydrogens (tertiary/aromatic N) is 2. The number of aromatic nitrogens is 2. The lowest BCUT2D eigenvalue weighted by Crippen LogP contribution is -2.27. The third-order valence-electron chi connectivity index (χ3n) is 4.29. The van der Waals surface area contributed by atoms with Gasteiger partial charge in [0, 0.05) is 11.8 Å². The molecule has 2 N–H and O–H groups in total. The van der Waals surface area contributed by atoms with Crippen molar-refractivity contribution < 1.29 is 19.1 Å². The minimum atomic E-state index is -0.262. The first-order chi connectivity index (χ1) is 13.6. The minimum absolute atomic E-state index is 0.0185. The fourth-order valence-electron chi connectivity index (χ4n) is 2.83. The number of hydrogen-bond acceptors (Lipinski definition) is 5. The van der Waals surface area contributed by atoms with Crippen LogP contribution in [0.1, 0.15) is 16.1 Å². The number of nitrogens with one attached hydrogen (secondary N) is 2. The SMILES string of the molecule is COc1ccc(-n2ccc(CNC(=O)c3ccc4c(c3)NC(=O)CO4)n2)cc1. The van der Waals surface area contributed by atoms with Gasteiger partial charge in [-0.25, -0.2) is 4.68 Å². The topological polar surface area (TPSA) is 94.5 Å². The van der Waals surface area contributed by atoms with Gasteiger partial charge < -0.3 is 20.1 Å². The van der Waals surface area contributed by atoms with E-state index in [2.05, 4.69) is 15.7 Å². The molecular formula is C20H18N4O4. The van der Waals surface area contributed by atoms with Gasteiger partial charge in [0.2, 0.25) is 0 Å². The van der Waals surface area contributed by atoms with Gasteiger partial charge in [0.05, 0.1) is 30.7 Å². The summed E-state index contributed by atoms with van der Waals surface area (Å²) in [7, 11) is 1.62. The van der Waals surface area contributed by atoms with Gasteiger partial charge in [-0.2, -0.15) is 5.10 Å². The third-order valence-corrected chi connectivity index (χ3v) is 4.29. The largest absolute Gasteiger partial charge is 0.497 e. The van der Waals surface area contributed by atoms with Crippen molar-refractivity contribution in [3.8, 4) is 17.2 Å². The fraction of sp³-hybridized carbons (Fsp3) is 0.150. The fourth-order valence-corrected chi connectivity index (χ4v) is 2.83. The molecule has 0 saturated heterocycles. The number of carbonyl (C=O) groups excluding carboxylic acids is 2. The highest BCUT2D eigenvalue weighted by Crippen LogP contribution is 2.28. The van der Waals surface area contributed by atoms with Crippen LogP contribution in [0.4, 0.5) is 5.69 Å². The van der Waals surface area contributed by atoms with Crippen LogP contribution < -0.4 is 20.1 Å². The average molecular weight is 378 g/mol. The molecule has 2 amide bonds. The van der Waals surface area contributed by atoms with E-state index in [1.807, 2.05) is 36.5 Å². The van der Waals surface area contributed by atoms with E-state index in [0.717, 1.165) is 17.1 Å². The van der Waals surface area contributed by atoms with Crippen molar-refractivity contribution in [1.29, 1.82) is 0 Å². The number of benzene rings is 2. The van der Waals surface area contributed by atoms with Crippen molar-refractivity contribution >= 4 is 17.5 Å². The molecule has 1 aliphatic heterocycles. The zero-order valence-electron chi connectivity index (χ0n) is 15.1. The van der Waals surface area contributed by atoms with E-state index in [4.69, 9.17) is 9.47 Å². The normalized spacial score (nSPS) is 12.5. The zero-order chi connectivity index (χ0) is 19.5. The highest BCUT2D eigenvalue weighted by molar-refractivity contribution is 5.99. The Morgan fingerprint density at radius 2 is 2.07 bits per heavy atom. The predicted octanol–water partition coefficient (Wildman–Crippen LogP) is 2.14. The molecule has 1 aliphatic rings. The van der Waals surface area contributed by atoms with Crippen molar-refractivity contribution in [1.82, 2.24) is 15.1 Å². The lowest BCUT2D eigenvalue weighted by molar-refractivity contribution is -0.118. The van der Waals surface area contributed by atoms with Crippen LogP contribution >= 0.6 is 0 Å². The van der Waals surface area contributed by atoms with Gasteiger partial charge in [-0.3, -0.25) is 9.59 Å². The van der Waals surface area contributed by atoms with Gasteiger partial charge in [-0.1, -0.05) is 0 Å². The second-order valence-electron chi connectivity index (χ2n) is 6.18. The molecular weight excluding hydrogens is 360 g/mol. The Balaban J connectivity index is 1.40. The van der Waals surface area contributed by atoms with E-state index in [9.17, 15) is 9.59 Å². The second-order valence-corrected chi connectivity index (χ2v) is 6.18. The minimum Gasteiger partial charge on any atom is -0.497 e. The van der Waals surface area contributed by atoms with Crippen molar-refractivity contribution in [2.45, 2.75) is 6.54 Å². The lowest BCUT2D eigenvalue weighted by atomic mass is 10.1. The summed E-state index contributed by atoms with van der Waals surface area (Å²) in [4.78, 5) is 23.8. The van der Waals surface area contributed by atoms with Gasteiger partial charge in [0.25, 0.3) is 11.8 Å². The van der Waals surface area contributed by atoms with Crippen LogP contribution in [-0.4, -0.2) is 35.3 Å². The Labute approximate surface area is 161 Å². The quantitative estimate of drug-likeness (QED) is 0.709. The summed E-state index contributed by atoms with van der Waals surface area (Å²) in [6.45, 7) is 0.261. The summed E-state index contributed by atoms with van der Waals surface area (Å²) in [5, 5.41) is 9.98. The molecule has 8 heteroatoms. The summed E-state index contributed by atoms with van der Waals surface area (Å²) in [5.74, 6) is 0.820. The molecule has 0 fully saturated rings. The molecule has 0 radical (unpaired) electrons. The van der Waals surface area contributed by atoms with Crippen LogP contribution in [0.25, 0.3) is 5.69 Å². The molecule has 4 rings (SSSR count). The predicted molar refractivity (Wildman–Crippen MR) is 102 cm³/mol. The van der Waals surface area contributed by atoms with Crippen LogP contribution in [0, 0.1) is 0 Å². The van der Waals surface area contributed by atoms with E-state index >= 15 is 0 Å². The van der Waals surface area contributed by atoms with E-state index in [-0.39, 0.29) is 25.0 Å². The number of methoxy groups -OCH3 is 1. The smallest absolute Gasteiger partial charge is 0.262 e. The van der Waals surface area contributed by atoms with Crippen molar-refractivity contribution in [2.75, 3.05) is 19.0 Å². The molecule has 142 valence electrons. The molecule has 2 heterocycles. The standard InChI is InChI=1S/C20H18N4O4/c1-27-16-5-3-15(4-6-16)24-9-8-14(23-24)11-21-20(26)13-2-7-18-17(10-13)22-19(25)12-28-18/h2-10H,11-12H2,1H3,(H,21,26)(H,22,25). The number of amides is 2. The Morgan fingerprint density at radius 3 is 2.86 bits per heavy atom. The molecule has 1 aromatic heterocycles. The van der Waals surface area contributed by atoms with Gasteiger partial charge in [0.1, 0.15) is 11.5 Å². The second kappa shape index (κ2) is 7.43. The summed E-state index contributed by atoms with van der Waals surface area (Å²) in [6.07, 6.45) is 1.83. The first kappa shape index (κ1) is 17.6. The third kappa shape index (κ3) is 3.66. The van der Waals surface area contributed by atoms with Gasteiger partial charge in [-0.15, -0.1) is 0 Å². The molecule has 8 nitrogen and oxygen atoms in total. The zero-order valence-corrected chi connectivity index (χ0v) is 15.1. The number of rotatable bonds is 5. The summed E-state index contributed by atoms with van der Waals surface area (Å²) in [5.41, 5.74) is 2.54. The maximum atomic E-state index is 12.4. The number of fused-ring (bicyclic) bond motifs is 1. The van der Waals surface area contributed by atoms with E-state index < -0.39 is 0 Å². The van der Waals surface area contributed by atoms with Crippen LogP contribution in [0.15, 0.2) is 54.7 Å². The molecule has 0 spiro atoms. The van der Waals surface area contributed by atoms with Crippen LogP contribution in [0.2, 0.25) is 0 Å². The van der Waals surface area contributed by atoms with Gasteiger partial charge >= 0.3 is 0 Å². The molecule has 0 aliphatic carbocycles. The molecule has 0 atom stereocenters. The van der Waals surface area contributed by atoms with E-state index in [0.29, 0.717) is 17.0 Å². The van der Waals surface area contributed by atoms with Gasteiger partial charge in [-0.05, 0) is 48.5 Å². The summed E-state index contributed by atoms with van der Waals surface area (Å²) < 4.78 is 12.2. The van der Waals surface area contributed by atoms with Crippen molar-refractivity contribution in [3.05, 3.63) is 66.0 Å². The lowest BCUT2D eigenvalue weighted by Gasteiger charge is -2.18. The summed E-state index contributed by atoms with van der Waals surface area (Å²) >= 11 is 0. The molecule has 3 aromatic rings. The van der Waals surface area contributed by atoms with Crippen LogP contribution in [0.3, 0.4) is 0 Å². The Hall–Kier alpha value is -3.81. The van der Waals surface area contributed by atoms with E-state index in [1.54, 1.807) is 30.0 Å². The number of ether oxygens (including phenoxy) is 2. The Bertz CT molecular complexity index is 1030. The van der Waals surface area contributed by atoms with Crippen molar-refractivity contribution in [3.63, 3.8) is 0 Å². The number of hydrogen-bond donors (Lipinski definition) is 2. The average Bonchev–Trinajstić information content (AvgIpc) is 3.20. The maximum Gasteiger partial charge on any atom is 0.262 e. The monoisotopic (exact) mass is 378 g/mol. The maximum absolute atomic E-state index is 12.4. The first-order valence-electron chi connectivity index (χ1n) is 8.66. The molecule has 0 unspecified atom stereocenters. The Morgan fingerprint density at radius 1 is 1.25 bits per heavy atom. The molecule has 2 aromatic carbocycles. The highest BCUT2D eigenvalue weighted by atomic mass is 16.5. The first-order valence-corrected chi connectivity index (χ1v) is 8.66. The number of carbonyl (C=O) groups is 2. The van der Waals surface area contributed by atoms with Gasteiger partial charge in [0.15, 0.2) is 6.61 Å². The van der Waals surface area contributed by atoms with Crippen molar-refractivity contribution in [2.24, 2.45) is 0 Å². The van der Waals surface area contributed by atoms with Crippen LogP contribution in [-0.2, 0) is 11.3 Å². The van der Waals surface area contributed by atoms with Crippen LogP contribution in [0.5, 0.6) is 11.5 Å². The highest BCUT2D eigenvalue weighted by Gasteiger charge is 2.17. The number of anilines is 1. The molecule has 28 heavy (non-hydrogen) atoms. The summed E-state index contributed by atoms with van der Waals surface area (Å²) in [6, 6.07) is 14.3. The van der Waals surface area contributed by atoms with E-state index in [1.165, 1.54) is 0 Å².